The Morgan fingerprint density at radius 3 is 3.14 bits per heavy atom. The van der Waals surface area contributed by atoms with Crippen molar-refractivity contribution in [2.45, 2.75) is 6.54 Å². The number of nitrogens with zero attached hydrogens (tertiary/aromatic N) is 4. The van der Waals surface area contributed by atoms with E-state index in [0.29, 0.717) is 22.9 Å². The Hall–Kier alpha value is -1.87. The minimum atomic E-state index is 0.498. The Morgan fingerprint density at radius 2 is 2.50 bits per heavy atom. The average Bonchev–Trinajstić information content (AvgIpc) is 2.77. The van der Waals surface area contributed by atoms with Crippen LogP contribution >= 0.6 is 11.5 Å². The molecule has 0 saturated carbocycles. The Kier molecular flexibility index (Phi) is 2.16. The lowest BCUT2D eigenvalue weighted by Crippen LogP contribution is -2.03. The van der Waals surface area contributed by atoms with Crippen LogP contribution in [-0.2, 0) is 6.54 Å². The van der Waals surface area contributed by atoms with E-state index in [-0.39, 0.29) is 0 Å². The lowest BCUT2D eigenvalue weighted by Gasteiger charge is -2.01. The molecule has 70 valence electrons. The number of hydrogen-bond acceptors (Lipinski definition) is 5. The molecule has 2 N–H and O–H groups in total. The number of hydrogen-bond donors (Lipinski definition) is 1. The first-order valence-electron chi connectivity index (χ1n) is 3.93. The highest BCUT2D eigenvalue weighted by molar-refractivity contribution is 7.09. The van der Waals surface area contributed by atoms with Gasteiger partial charge in [-0.25, -0.2) is 0 Å². The Morgan fingerprint density at radius 1 is 1.64 bits per heavy atom. The van der Waals surface area contributed by atoms with E-state index in [4.69, 9.17) is 11.0 Å². The topological polar surface area (TPSA) is 80.5 Å². The predicted molar refractivity (Wildman–Crippen MR) is 52.6 cm³/mol. The van der Waals surface area contributed by atoms with Crippen LogP contribution < -0.4 is 5.73 Å². The van der Waals surface area contributed by atoms with Gasteiger partial charge < -0.3 is 10.3 Å². The van der Waals surface area contributed by atoms with Gasteiger partial charge in [-0.15, -0.1) is 5.10 Å². The van der Waals surface area contributed by atoms with Crippen LogP contribution in [0.1, 0.15) is 11.4 Å². The summed E-state index contributed by atoms with van der Waals surface area (Å²) in [5, 5.41) is 13.2. The van der Waals surface area contributed by atoms with Crippen LogP contribution in [-0.4, -0.2) is 14.2 Å². The molecule has 0 amide bonds. The zero-order valence-corrected chi connectivity index (χ0v) is 8.03. The van der Waals surface area contributed by atoms with Gasteiger partial charge >= 0.3 is 0 Å². The minimum Gasteiger partial charge on any atom is -0.388 e. The van der Waals surface area contributed by atoms with Gasteiger partial charge in [0.05, 0.1) is 6.54 Å². The van der Waals surface area contributed by atoms with Gasteiger partial charge in [0.2, 0.25) is 0 Å². The number of rotatable bonds is 2. The van der Waals surface area contributed by atoms with Crippen LogP contribution in [0.25, 0.3) is 0 Å². The number of anilines is 1. The second-order valence-electron chi connectivity index (χ2n) is 2.72. The van der Waals surface area contributed by atoms with Gasteiger partial charge in [-0.1, -0.05) is 4.49 Å². The molecule has 0 saturated heterocycles. The molecule has 2 heterocycles. The smallest absolute Gasteiger partial charge is 0.132 e. The first-order valence-corrected chi connectivity index (χ1v) is 4.70. The molecule has 0 atom stereocenters. The molecule has 6 heteroatoms. The molecule has 2 rings (SSSR count). The van der Waals surface area contributed by atoms with Crippen molar-refractivity contribution in [1.29, 1.82) is 5.26 Å². The summed E-state index contributed by atoms with van der Waals surface area (Å²) >= 11 is 1.16. The Labute approximate surface area is 84.6 Å². The van der Waals surface area contributed by atoms with E-state index in [1.54, 1.807) is 10.6 Å². The Balaban J connectivity index is 2.28. The molecule has 0 aliphatic heterocycles. The van der Waals surface area contributed by atoms with E-state index in [1.807, 2.05) is 12.3 Å². The van der Waals surface area contributed by atoms with Crippen LogP contribution in [0, 0.1) is 11.3 Å². The maximum absolute atomic E-state index is 8.77. The van der Waals surface area contributed by atoms with Crippen molar-refractivity contribution < 1.29 is 0 Å². The summed E-state index contributed by atoms with van der Waals surface area (Å²) in [6.45, 7) is 0.498. The summed E-state index contributed by atoms with van der Waals surface area (Å²) in [7, 11) is 0. The maximum Gasteiger partial charge on any atom is 0.132 e. The Bertz CT molecular complexity index is 478. The fourth-order valence-electron chi connectivity index (χ4n) is 1.14. The van der Waals surface area contributed by atoms with Crippen LogP contribution in [0.2, 0.25) is 0 Å². The average molecular weight is 205 g/mol. The van der Waals surface area contributed by atoms with Crippen molar-refractivity contribution in [1.82, 2.24) is 14.2 Å². The first-order chi connectivity index (χ1) is 6.81. The lowest BCUT2D eigenvalue weighted by molar-refractivity contribution is 0.766. The minimum absolute atomic E-state index is 0.498. The fourth-order valence-corrected chi connectivity index (χ4v) is 1.58. The molecule has 5 nitrogen and oxygen atoms in total. The second kappa shape index (κ2) is 3.47. The molecule has 2 aromatic heterocycles. The van der Waals surface area contributed by atoms with E-state index in [9.17, 15) is 0 Å². The molecule has 0 aliphatic rings. The number of aromatic nitrogens is 3. The summed E-state index contributed by atoms with van der Waals surface area (Å²) < 4.78 is 5.51. The van der Waals surface area contributed by atoms with Crippen LogP contribution in [0.4, 0.5) is 5.00 Å². The van der Waals surface area contributed by atoms with Crippen molar-refractivity contribution >= 4 is 16.5 Å². The van der Waals surface area contributed by atoms with Gasteiger partial charge in [-0.3, -0.25) is 0 Å². The fraction of sp³-hybridized carbons (Fsp3) is 0.125. The van der Waals surface area contributed by atoms with E-state index in [0.717, 1.165) is 11.5 Å². The third-order valence-electron chi connectivity index (χ3n) is 1.85. The van der Waals surface area contributed by atoms with E-state index in [2.05, 4.69) is 15.7 Å². The summed E-state index contributed by atoms with van der Waals surface area (Å²) in [6.07, 6.45) is 1.82. The van der Waals surface area contributed by atoms with Gasteiger partial charge in [-0.05, 0) is 12.1 Å². The molecule has 2 aromatic rings. The highest BCUT2D eigenvalue weighted by atomic mass is 32.1. The third kappa shape index (κ3) is 1.45. The normalized spacial score (nSPS) is 9.93. The zero-order valence-electron chi connectivity index (χ0n) is 7.21. The summed E-state index contributed by atoms with van der Waals surface area (Å²) in [5.74, 6) is 0. The molecule has 0 bridgehead atoms. The lowest BCUT2D eigenvalue weighted by atomic mass is 10.4. The zero-order chi connectivity index (χ0) is 9.97. The van der Waals surface area contributed by atoms with Gasteiger partial charge in [0, 0.05) is 17.7 Å². The monoisotopic (exact) mass is 205 g/mol. The maximum atomic E-state index is 8.77. The molecular formula is C8H7N5S. The molecular weight excluding hydrogens is 198 g/mol. The van der Waals surface area contributed by atoms with Gasteiger partial charge in [0.25, 0.3) is 0 Å². The summed E-state index contributed by atoms with van der Waals surface area (Å²) in [5.41, 5.74) is 6.95. The molecule has 14 heavy (non-hydrogen) atoms. The van der Waals surface area contributed by atoms with E-state index in [1.165, 1.54) is 0 Å². The number of nitrogens with two attached hydrogens (primary N) is 1. The van der Waals surface area contributed by atoms with Crippen molar-refractivity contribution in [2.75, 3.05) is 5.73 Å². The molecule has 0 fully saturated rings. The van der Waals surface area contributed by atoms with Crippen LogP contribution in [0.5, 0.6) is 0 Å². The molecule has 0 aliphatic carbocycles. The predicted octanol–water partition coefficient (Wildman–Crippen LogP) is 0.842. The van der Waals surface area contributed by atoms with Crippen LogP contribution in [0.15, 0.2) is 18.3 Å². The number of nitrogen functional groups attached to an aromatic ring is 1. The standard InChI is InChI=1S/C8H7N5S/c9-4-6-2-1-3-13(6)5-7-8(10)14-12-11-7/h1-3H,5,10H2. The van der Waals surface area contributed by atoms with E-state index >= 15 is 0 Å². The molecule has 0 radical (unpaired) electrons. The summed E-state index contributed by atoms with van der Waals surface area (Å²) in [6, 6.07) is 5.64. The van der Waals surface area contributed by atoms with Crippen molar-refractivity contribution in [3.05, 3.63) is 29.7 Å². The SMILES string of the molecule is N#Cc1cccn1Cc1nnsc1N. The number of nitriles is 1. The highest BCUT2D eigenvalue weighted by Gasteiger charge is 2.06. The van der Waals surface area contributed by atoms with Crippen molar-refractivity contribution in [2.24, 2.45) is 0 Å². The van der Waals surface area contributed by atoms with Crippen LogP contribution in [0.3, 0.4) is 0 Å². The van der Waals surface area contributed by atoms with Crippen molar-refractivity contribution in [3.8, 4) is 6.07 Å². The molecule has 0 unspecified atom stereocenters. The van der Waals surface area contributed by atoms with Gasteiger partial charge in [-0.2, -0.15) is 5.26 Å². The van der Waals surface area contributed by atoms with E-state index < -0.39 is 0 Å². The molecule has 0 spiro atoms. The second-order valence-corrected chi connectivity index (χ2v) is 3.50. The highest BCUT2D eigenvalue weighted by Crippen LogP contribution is 2.14. The largest absolute Gasteiger partial charge is 0.388 e. The first kappa shape index (κ1) is 8.72. The summed E-state index contributed by atoms with van der Waals surface area (Å²) in [4.78, 5) is 0. The van der Waals surface area contributed by atoms with Gasteiger partial charge in [0.15, 0.2) is 0 Å². The van der Waals surface area contributed by atoms with Crippen molar-refractivity contribution in [3.63, 3.8) is 0 Å². The molecule has 0 aromatic carbocycles. The van der Waals surface area contributed by atoms with Gasteiger partial charge in [0.1, 0.15) is 22.5 Å². The third-order valence-corrected chi connectivity index (χ3v) is 2.44. The quantitative estimate of drug-likeness (QED) is 0.787.